The lowest BCUT2D eigenvalue weighted by Crippen LogP contribution is -2.30. The summed E-state index contributed by atoms with van der Waals surface area (Å²) in [6, 6.07) is 12.3. The maximum atomic E-state index is 12.2. The van der Waals surface area contributed by atoms with E-state index in [-0.39, 0.29) is 16.8 Å². The number of sulfonamides is 1. The Morgan fingerprint density at radius 2 is 1.69 bits per heavy atom. The summed E-state index contributed by atoms with van der Waals surface area (Å²) in [5, 5.41) is 2.93. The van der Waals surface area contributed by atoms with Crippen molar-refractivity contribution in [3.8, 4) is 0 Å². The molecule has 2 N–H and O–H groups in total. The Bertz CT molecular complexity index is 872. The van der Waals surface area contributed by atoms with E-state index in [1.165, 1.54) is 0 Å². The fourth-order valence-electron chi connectivity index (χ4n) is 2.57. The average molecular weight is 375 g/mol. The van der Waals surface area contributed by atoms with Gasteiger partial charge in [0, 0.05) is 18.2 Å². The molecule has 0 fully saturated rings. The van der Waals surface area contributed by atoms with E-state index in [0.29, 0.717) is 12.8 Å². The number of aryl methyl sites for hydroxylation is 2. The molecular weight excluding hydrogens is 348 g/mol. The smallest absolute Gasteiger partial charge is 0.240 e. The Kier molecular flexibility index (Phi) is 6.56. The number of benzene rings is 2. The Morgan fingerprint density at radius 3 is 2.31 bits per heavy atom. The number of carbonyl (C=O) groups excluding carboxylic acids is 1. The molecule has 0 aliphatic heterocycles. The van der Waals surface area contributed by atoms with Crippen LogP contribution in [0.25, 0.3) is 0 Å². The van der Waals surface area contributed by atoms with E-state index in [1.54, 1.807) is 38.1 Å². The first-order valence-electron chi connectivity index (χ1n) is 8.66. The number of hydrogen-bond donors (Lipinski definition) is 2. The van der Waals surface area contributed by atoms with E-state index in [2.05, 4.69) is 10.0 Å². The first-order chi connectivity index (χ1) is 12.2. The summed E-state index contributed by atoms with van der Waals surface area (Å²) in [6.07, 6.45) is 0.887. The molecule has 0 spiro atoms. The van der Waals surface area contributed by atoms with E-state index < -0.39 is 10.0 Å². The molecule has 6 heteroatoms. The highest BCUT2D eigenvalue weighted by Crippen LogP contribution is 2.18. The van der Waals surface area contributed by atoms with Crippen LogP contribution in [0, 0.1) is 13.8 Å². The highest BCUT2D eigenvalue weighted by molar-refractivity contribution is 7.89. The predicted octanol–water partition coefficient (Wildman–Crippen LogP) is 3.56. The lowest BCUT2D eigenvalue weighted by Gasteiger charge is -2.11. The summed E-state index contributed by atoms with van der Waals surface area (Å²) < 4.78 is 26.8. The highest BCUT2D eigenvalue weighted by atomic mass is 32.2. The molecule has 1 amide bonds. The lowest BCUT2D eigenvalue weighted by atomic mass is 10.1. The van der Waals surface area contributed by atoms with Crippen molar-refractivity contribution >= 4 is 21.6 Å². The van der Waals surface area contributed by atoms with Crippen molar-refractivity contribution in [1.29, 1.82) is 0 Å². The fourth-order valence-corrected chi connectivity index (χ4v) is 3.82. The van der Waals surface area contributed by atoms with Gasteiger partial charge in [0.25, 0.3) is 0 Å². The first kappa shape index (κ1) is 20.1. The molecule has 0 bridgehead atoms. The zero-order valence-electron chi connectivity index (χ0n) is 15.7. The van der Waals surface area contributed by atoms with Gasteiger partial charge in [-0.15, -0.1) is 0 Å². The molecule has 0 unspecified atom stereocenters. The zero-order chi connectivity index (χ0) is 19.3. The van der Waals surface area contributed by atoms with Crippen LogP contribution in [-0.4, -0.2) is 20.4 Å². The Hall–Kier alpha value is -2.18. The number of amides is 1. The zero-order valence-corrected chi connectivity index (χ0v) is 16.5. The molecule has 0 radical (unpaired) electrons. The topological polar surface area (TPSA) is 75.3 Å². The molecule has 2 aromatic rings. The predicted molar refractivity (Wildman–Crippen MR) is 105 cm³/mol. The Balaban J connectivity index is 1.95. The molecule has 0 aliphatic rings. The van der Waals surface area contributed by atoms with Gasteiger partial charge in [-0.05, 0) is 69.0 Å². The minimum absolute atomic E-state index is 0.0585. The largest absolute Gasteiger partial charge is 0.326 e. The van der Waals surface area contributed by atoms with Crippen LogP contribution in [0.4, 0.5) is 5.69 Å². The van der Waals surface area contributed by atoms with Crippen LogP contribution in [0.1, 0.15) is 37.0 Å². The monoisotopic (exact) mass is 374 g/mol. The van der Waals surface area contributed by atoms with Gasteiger partial charge >= 0.3 is 0 Å². The van der Waals surface area contributed by atoms with E-state index in [0.717, 1.165) is 22.4 Å². The van der Waals surface area contributed by atoms with Gasteiger partial charge in [0.1, 0.15) is 0 Å². The van der Waals surface area contributed by atoms with Crippen LogP contribution >= 0.6 is 0 Å². The van der Waals surface area contributed by atoms with Gasteiger partial charge in [-0.3, -0.25) is 4.79 Å². The van der Waals surface area contributed by atoms with Crippen molar-refractivity contribution < 1.29 is 13.2 Å². The van der Waals surface area contributed by atoms with Crippen molar-refractivity contribution in [3.05, 3.63) is 59.2 Å². The van der Waals surface area contributed by atoms with Crippen molar-refractivity contribution in [1.82, 2.24) is 4.72 Å². The third-order valence-corrected chi connectivity index (χ3v) is 5.82. The van der Waals surface area contributed by atoms with Crippen molar-refractivity contribution in [2.24, 2.45) is 0 Å². The summed E-state index contributed by atoms with van der Waals surface area (Å²) in [5.41, 5.74) is 3.95. The quantitative estimate of drug-likeness (QED) is 0.778. The standard InChI is InChI=1S/C20H26N2O3S/c1-14(2)22-26(24,25)18-11-8-17(9-12-18)10-13-20(23)21-19-7-5-6-15(3)16(19)4/h5-9,11-12,14,22H,10,13H2,1-4H3,(H,21,23). The van der Waals surface area contributed by atoms with E-state index >= 15 is 0 Å². The van der Waals surface area contributed by atoms with E-state index in [1.807, 2.05) is 32.0 Å². The van der Waals surface area contributed by atoms with Crippen LogP contribution in [0.5, 0.6) is 0 Å². The maximum Gasteiger partial charge on any atom is 0.240 e. The van der Waals surface area contributed by atoms with Gasteiger partial charge in [0.2, 0.25) is 15.9 Å². The third-order valence-electron chi connectivity index (χ3n) is 4.14. The highest BCUT2D eigenvalue weighted by Gasteiger charge is 2.15. The molecule has 0 aromatic heterocycles. The van der Waals surface area contributed by atoms with Gasteiger partial charge in [0.05, 0.1) is 4.90 Å². The van der Waals surface area contributed by atoms with Crippen LogP contribution in [0.3, 0.4) is 0 Å². The summed E-state index contributed by atoms with van der Waals surface area (Å²) in [5.74, 6) is -0.0585. The minimum Gasteiger partial charge on any atom is -0.326 e. The van der Waals surface area contributed by atoms with Crippen LogP contribution < -0.4 is 10.0 Å². The first-order valence-corrected chi connectivity index (χ1v) is 10.1. The lowest BCUT2D eigenvalue weighted by molar-refractivity contribution is -0.116. The third kappa shape index (κ3) is 5.41. The molecule has 0 atom stereocenters. The van der Waals surface area contributed by atoms with E-state index in [4.69, 9.17) is 0 Å². The van der Waals surface area contributed by atoms with Crippen LogP contribution in [0.15, 0.2) is 47.4 Å². The Morgan fingerprint density at radius 1 is 1.04 bits per heavy atom. The van der Waals surface area contributed by atoms with Gasteiger partial charge in [0.15, 0.2) is 0 Å². The molecule has 5 nitrogen and oxygen atoms in total. The average Bonchev–Trinajstić information content (AvgIpc) is 2.56. The minimum atomic E-state index is -3.49. The molecule has 2 rings (SSSR count). The van der Waals surface area contributed by atoms with E-state index in [9.17, 15) is 13.2 Å². The fraction of sp³-hybridized carbons (Fsp3) is 0.350. The van der Waals surface area contributed by atoms with Crippen LogP contribution in [-0.2, 0) is 21.2 Å². The second kappa shape index (κ2) is 8.47. The summed E-state index contributed by atoms with van der Waals surface area (Å²) in [7, 11) is -3.49. The van der Waals surface area contributed by atoms with Gasteiger partial charge in [-0.2, -0.15) is 0 Å². The molecule has 26 heavy (non-hydrogen) atoms. The molecule has 0 saturated carbocycles. The molecule has 2 aromatic carbocycles. The summed E-state index contributed by atoms with van der Waals surface area (Å²) in [4.78, 5) is 12.4. The number of nitrogens with one attached hydrogen (secondary N) is 2. The SMILES string of the molecule is Cc1cccc(NC(=O)CCc2ccc(S(=O)(=O)NC(C)C)cc2)c1C. The molecule has 140 valence electrons. The molecule has 0 heterocycles. The van der Waals surface area contributed by atoms with Gasteiger partial charge < -0.3 is 5.32 Å². The molecule has 0 saturated heterocycles. The summed E-state index contributed by atoms with van der Waals surface area (Å²) >= 11 is 0. The molecular formula is C20H26N2O3S. The van der Waals surface area contributed by atoms with Crippen molar-refractivity contribution in [3.63, 3.8) is 0 Å². The maximum absolute atomic E-state index is 12.2. The second-order valence-electron chi connectivity index (χ2n) is 6.72. The number of carbonyl (C=O) groups is 1. The molecule has 0 aliphatic carbocycles. The van der Waals surface area contributed by atoms with Gasteiger partial charge in [-0.25, -0.2) is 13.1 Å². The van der Waals surface area contributed by atoms with Crippen LogP contribution in [0.2, 0.25) is 0 Å². The Labute approximate surface area is 155 Å². The van der Waals surface area contributed by atoms with Crippen molar-refractivity contribution in [2.45, 2.75) is 51.5 Å². The second-order valence-corrected chi connectivity index (χ2v) is 8.43. The number of rotatable bonds is 7. The normalized spacial score (nSPS) is 11.6. The van der Waals surface area contributed by atoms with Crippen molar-refractivity contribution in [2.75, 3.05) is 5.32 Å². The number of hydrogen-bond acceptors (Lipinski definition) is 3. The van der Waals surface area contributed by atoms with Gasteiger partial charge in [-0.1, -0.05) is 24.3 Å². The summed E-state index contributed by atoms with van der Waals surface area (Å²) in [6.45, 7) is 7.55. The number of anilines is 1.